The zero-order valence-electron chi connectivity index (χ0n) is 18.4. The fraction of sp³-hybridized carbons (Fsp3) is 0.154. The van der Waals surface area contributed by atoms with Crippen molar-refractivity contribution in [3.05, 3.63) is 101 Å². The smallest absolute Gasteiger partial charge is 0.251 e. The Bertz CT molecular complexity index is 1270. The molecule has 4 rings (SSSR count). The van der Waals surface area contributed by atoms with E-state index < -0.39 is 10.8 Å². The third-order valence-electron chi connectivity index (χ3n) is 5.19. The minimum atomic E-state index is -1.20. The van der Waals surface area contributed by atoms with Crippen LogP contribution in [0.4, 0.5) is 0 Å². The second kappa shape index (κ2) is 10.3. The third-order valence-corrected chi connectivity index (χ3v) is 6.53. The Hall–Kier alpha value is -3.71. The van der Waals surface area contributed by atoms with Crippen LogP contribution in [-0.4, -0.2) is 22.2 Å². The van der Waals surface area contributed by atoms with Crippen LogP contribution in [0.5, 0.6) is 5.75 Å². The molecule has 0 saturated heterocycles. The van der Waals surface area contributed by atoms with Crippen LogP contribution in [0.25, 0.3) is 11.5 Å². The highest BCUT2D eigenvalue weighted by molar-refractivity contribution is 7.84. The number of carbonyl (C=O) groups is 1. The highest BCUT2D eigenvalue weighted by Crippen LogP contribution is 2.24. The number of hydrogen-bond acceptors (Lipinski definition) is 5. The van der Waals surface area contributed by atoms with Gasteiger partial charge in [-0.2, -0.15) is 0 Å². The predicted molar refractivity (Wildman–Crippen MR) is 127 cm³/mol. The van der Waals surface area contributed by atoms with Crippen molar-refractivity contribution in [1.82, 2.24) is 10.3 Å². The van der Waals surface area contributed by atoms with Gasteiger partial charge in [0.1, 0.15) is 11.5 Å². The van der Waals surface area contributed by atoms with Crippen molar-refractivity contribution in [3.63, 3.8) is 0 Å². The molecule has 0 aliphatic rings. The monoisotopic (exact) mass is 460 g/mol. The van der Waals surface area contributed by atoms with Gasteiger partial charge < -0.3 is 14.5 Å². The van der Waals surface area contributed by atoms with Gasteiger partial charge in [-0.15, -0.1) is 0 Å². The summed E-state index contributed by atoms with van der Waals surface area (Å²) in [4.78, 5) is 17.9. The molecular formula is C26H24N2O4S. The van der Waals surface area contributed by atoms with Crippen LogP contribution in [0.2, 0.25) is 0 Å². The van der Waals surface area contributed by atoms with E-state index in [0.29, 0.717) is 29.5 Å². The molecule has 0 bridgehead atoms. The molecule has 0 aliphatic carbocycles. The van der Waals surface area contributed by atoms with E-state index >= 15 is 0 Å². The fourth-order valence-corrected chi connectivity index (χ4v) is 4.50. The molecule has 7 heteroatoms. The Morgan fingerprint density at radius 3 is 2.42 bits per heavy atom. The molecular weight excluding hydrogens is 436 g/mol. The Kier molecular flexibility index (Phi) is 7.00. The normalized spacial score (nSPS) is 11.7. The van der Waals surface area contributed by atoms with Crippen LogP contribution in [-0.2, 0) is 23.1 Å². The number of oxazole rings is 1. The van der Waals surface area contributed by atoms with E-state index in [4.69, 9.17) is 9.15 Å². The minimum absolute atomic E-state index is 0.185. The van der Waals surface area contributed by atoms with Crippen molar-refractivity contribution >= 4 is 16.7 Å². The van der Waals surface area contributed by atoms with Gasteiger partial charge in [0, 0.05) is 28.1 Å². The van der Waals surface area contributed by atoms with Crippen molar-refractivity contribution in [2.75, 3.05) is 7.11 Å². The molecule has 1 amide bonds. The molecule has 0 aliphatic heterocycles. The second-order valence-corrected chi connectivity index (χ2v) is 8.85. The lowest BCUT2D eigenvalue weighted by Crippen LogP contribution is -2.22. The van der Waals surface area contributed by atoms with Crippen LogP contribution >= 0.6 is 0 Å². The van der Waals surface area contributed by atoms with Gasteiger partial charge in [0.2, 0.25) is 5.89 Å². The van der Waals surface area contributed by atoms with Gasteiger partial charge >= 0.3 is 0 Å². The van der Waals surface area contributed by atoms with Gasteiger partial charge in [-0.3, -0.25) is 9.00 Å². The maximum atomic E-state index is 12.6. The largest absolute Gasteiger partial charge is 0.496 e. The average Bonchev–Trinajstić information content (AvgIpc) is 3.23. The first-order chi connectivity index (χ1) is 16.0. The quantitative estimate of drug-likeness (QED) is 0.405. The molecule has 1 heterocycles. The van der Waals surface area contributed by atoms with Crippen molar-refractivity contribution in [3.8, 4) is 17.2 Å². The summed E-state index contributed by atoms with van der Waals surface area (Å²) >= 11 is 0. The maximum Gasteiger partial charge on any atom is 0.251 e. The first-order valence-corrected chi connectivity index (χ1v) is 11.8. The van der Waals surface area contributed by atoms with Gasteiger partial charge in [0.25, 0.3) is 5.91 Å². The molecule has 0 unspecified atom stereocenters. The molecule has 0 fully saturated rings. The molecule has 1 N–H and O–H groups in total. The summed E-state index contributed by atoms with van der Waals surface area (Å²) in [5, 5.41) is 2.91. The number of benzene rings is 3. The van der Waals surface area contributed by atoms with Gasteiger partial charge in [-0.05, 0) is 49.4 Å². The Morgan fingerprint density at radius 2 is 1.70 bits per heavy atom. The molecule has 33 heavy (non-hydrogen) atoms. The van der Waals surface area contributed by atoms with Crippen molar-refractivity contribution < 1.29 is 18.2 Å². The molecule has 0 saturated carbocycles. The summed E-state index contributed by atoms with van der Waals surface area (Å²) in [6.45, 7) is 2.18. The highest BCUT2D eigenvalue weighted by Gasteiger charge is 2.16. The maximum absolute atomic E-state index is 12.6. The SMILES string of the molecule is COc1ccccc1CNC(=O)c1ccc(-c2nc(C[S@](=O)c3ccccc3)c(C)o2)cc1. The van der Waals surface area contributed by atoms with Crippen LogP contribution in [0, 0.1) is 6.92 Å². The lowest BCUT2D eigenvalue weighted by atomic mass is 10.1. The van der Waals surface area contributed by atoms with E-state index in [1.54, 1.807) is 31.4 Å². The summed E-state index contributed by atoms with van der Waals surface area (Å²) in [5.74, 6) is 1.90. The van der Waals surface area contributed by atoms with Gasteiger partial charge in [0.05, 0.1) is 29.4 Å². The molecule has 1 aromatic heterocycles. The highest BCUT2D eigenvalue weighted by atomic mass is 32.2. The van der Waals surface area contributed by atoms with Gasteiger partial charge in [-0.1, -0.05) is 36.4 Å². The van der Waals surface area contributed by atoms with Crippen LogP contribution in [0.1, 0.15) is 27.4 Å². The van der Waals surface area contributed by atoms with E-state index in [-0.39, 0.29) is 11.7 Å². The third kappa shape index (κ3) is 5.38. The number of amides is 1. The molecule has 1 atom stereocenters. The Balaban J connectivity index is 1.42. The topological polar surface area (TPSA) is 81.4 Å². The molecule has 4 aromatic rings. The van der Waals surface area contributed by atoms with Crippen molar-refractivity contribution in [2.24, 2.45) is 0 Å². The number of ether oxygens (including phenoxy) is 1. The predicted octanol–water partition coefficient (Wildman–Crippen LogP) is 4.90. The Morgan fingerprint density at radius 1 is 1.00 bits per heavy atom. The standard InChI is InChI=1S/C26H24N2O4S/c1-18-23(17-33(30)22-9-4-3-5-10-22)28-26(32-18)20-14-12-19(13-15-20)25(29)27-16-21-8-6-7-11-24(21)31-2/h3-15H,16-17H2,1-2H3,(H,27,29)/t33-/m0/s1. The Labute approximate surface area is 195 Å². The average molecular weight is 461 g/mol. The van der Waals surface area contributed by atoms with E-state index in [9.17, 15) is 9.00 Å². The number of carbonyl (C=O) groups excluding carboxylic acids is 1. The number of para-hydroxylation sites is 1. The van der Waals surface area contributed by atoms with E-state index in [0.717, 1.165) is 21.8 Å². The number of aryl methyl sites for hydroxylation is 1. The molecule has 3 aromatic carbocycles. The number of aromatic nitrogens is 1. The number of hydrogen-bond donors (Lipinski definition) is 1. The second-order valence-electron chi connectivity index (χ2n) is 7.40. The van der Waals surface area contributed by atoms with Crippen LogP contribution in [0.15, 0.2) is 88.2 Å². The lowest BCUT2D eigenvalue weighted by Gasteiger charge is -2.09. The number of nitrogens with one attached hydrogen (secondary N) is 1. The number of methoxy groups -OCH3 is 1. The fourth-order valence-electron chi connectivity index (χ4n) is 3.36. The zero-order valence-corrected chi connectivity index (χ0v) is 19.2. The van der Waals surface area contributed by atoms with Crippen molar-refractivity contribution in [1.29, 1.82) is 0 Å². The lowest BCUT2D eigenvalue weighted by molar-refractivity contribution is 0.0950. The zero-order chi connectivity index (χ0) is 23.2. The number of rotatable bonds is 8. The van der Waals surface area contributed by atoms with Crippen LogP contribution < -0.4 is 10.1 Å². The van der Waals surface area contributed by atoms with Gasteiger partial charge in [0.15, 0.2) is 0 Å². The molecule has 0 spiro atoms. The molecule has 0 radical (unpaired) electrons. The summed E-state index contributed by atoms with van der Waals surface area (Å²) in [7, 11) is 0.403. The summed E-state index contributed by atoms with van der Waals surface area (Å²) in [5.41, 5.74) is 2.84. The van der Waals surface area contributed by atoms with Crippen molar-refractivity contribution in [2.45, 2.75) is 24.1 Å². The summed E-state index contributed by atoms with van der Waals surface area (Å²) in [6, 6.07) is 23.9. The molecule has 6 nitrogen and oxygen atoms in total. The van der Waals surface area contributed by atoms with Crippen LogP contribution in [0.3, 0.4) is 0 Å². The summed E-state index contributed by atoms with van der Waals surface area (Å²) in [6.07, 6.45) is 0. The minimum Gasteiger partial charge on any atom is -0.496 e. The first kappa shape index (κ1) is 22.5. The van der Waals surface area contributed by atoms with E-state index in [2.05, 4.69) is 10.3 Å². The van der Waals surface area contributed by atoms with Gasteiger partial charge in [-0.25, -0.2) is 4.98 Å². The van der Waals surface area contributed by atoms with E-state index in [1.165, 1.54) is 0 Å². The van der Waals surface area contributed by atoms with E-state index in [1.807, 2.05) is 61.5 Å². The summed E-state index contributed by atoms with van der Waals surface area (Å²) < 4.78 is 23.7. The number of nitrogens with zero attached hydrogens (tertiary/aromatic N) is 1. The first-order valence-electron chi connectivity index (χ1n) is 10.5. The molecule has 168 valence electrons.